The maximum atomic E-state index is 6.10. The highest BCUT2D eigenvalue weighted by Crippen LogP contribution is 2.25. The molecule has 0 aromatic heterocycles. The zero-order valence-corrected chi connectivity index (χ0v) is 13.6. The van der Waals surface area contributed by atoms with Crippen LogP contribution >= 0.6 is 11.6 Å². The van der Waals surface area contributed by atoms with Gasteiger partial charge in [0.1, 0.15) is 0 Å². The molecule has 1 N–H and O–H groups in total. The Balaban J connectivity index is 2.11. The van der Waals surface area contributed by atoms with Gasteiger partial charge < -0.3 is 5.32 Å². The number of hydrogen-bond acceptors (Lipinski definition) is 1. The van der Waals surface area contributed by atoms with Crippen LogP contribution in [-0.2, 0) is 0 Å². The molecule has 0 aliphatic carbocycles. The summed E-state index contributed by atoms with van der Waals surface area (Å²) in [6.07, 6.45) is 3.61. The van der Waals surface area contributed by atoms with Gasteiger partial charge in [-0.15, -0.1) is 0 Å². The van der Waals surface area contributed by atoms with E-state index in [9.17, 15) is 0 Å². The Morgan fingerprint density at radius 3 is 2.38 bits per heavy atom. The van der Waals surface area contributed by atoms with E-state index in [2.05, 4.69) is 55.6 Å². The normalized spacial score (nSPS) is 13.9. The Kier molecular flexibility index (Phi) is 6.28. The Morgan fingerprint density at radius 1 is 1.00 bits per heavy atom. The van der Waals surface area contributed by atoms with Crippen LogP contribution in [-0.4, -0.2) is 0 Å². The van der Waals surface area contributed by atoms with E-state index in [-0.39, 0.29) is 6.04 Å². The quantitative estimate of drug-likeness (QED) is 0.669. The average Bonchev–Trinajstić information content (AvgIpc) is 2.52. The molecule has 2 aromatic rings. The standard InChI is InChI=1S/C19H24ClN/c1-3-4-13-19(16-9-6-5-7-10-16)21-15(2)17-11-8-12-18(20)14-17/h5-12,14-15,19,21H,3-4,13H2,1-2H3/t15-,19?/m1/s1. The molecule has 0 spiro atoms. The van der Waals surface area contributed by atoms with E-state index in [0.29, 0.717) is 6.04 Å². The van der Waals surface area contributed by atoms with E-state index < -0.39 is 0 Å². The number of hydrogen-bond donors (Lipinski definition) is 1. The predicted molar refractivity (Wildman–Crippen MR) is 91.7 cm³/mol. The van der Waals surface area contributed by atoms with E-state index in [4.69, 9.17) is 11.6 Å². The van der Waals surface area contributed by atoms with Crippen molar-refractivity contribution in [3.05, 3.63) is 70.7 Å². The van der Waals surface area contributed by atoms with Crippen LogP contribution < -0.4 is 5.32 Å². The maximum absolute atomic E-state index is 6.10. The molecule has 0 fully saturated rings. The van der Waals surface area contributed by atoms with Crippen LogP contribution in [0.15, 0.2) is 54.6 Å². The summed E-state index contributed by atoms with van der Waals surface area (Å²) in [4.78, 5) is 0. The minimum absolute atomic E-state index is 0.283. The lowest BCUT2D eigenvalue weighted by molar-refractivity contribution is 0.431. The number of unbranched alkanes of at least 4 members (excludes halogenated alkanes) is 1. The third kappa shape index (κ3) is 4.87. The second kappa shape index (κ2) is 8.21. The third-order valence-corrected chi connectivity index (χ3v) is 4.08. The summed E-state index contributed by atoms with van der Waals surface area (Å²) in [5.74, 6) is 0. The Bertz CT molecular complexity index is 538. The van der Waals surface area contributed by atoms with Crippen molar-refractivity contribution in [3.63, 3.8) is 0 Å². The molecule has 0 aliphatic heterocycles. The molecular formula is C19H24ClN. The Labute approximate surface area is 133 Å². The van der Waals surface area contributed by atoms with Gasteiger partial charge in [-0.25, -0.2) is 0 Å². The van der Waals surface area contributed by atoms with Gasteiger partial charge in [0.2, 0.25) is 0 Å². The van der Waals surface area contributed by atoms with E-state index >= 15 is 0 Å². The van der Waals surface area contributed by atoms with Gasteiger partial charge in [0.05, 0.1) is 0 Å². The van der Waals surface area contributed by atoms with Crippen molar-refractivity contribution in [3.8, 4) is 0 Å². The Morgan fingerprint density at radius 2 is 1.71 bits per heavy atom. The molecule has 2 atom stereocenters. The zero-order chi connectivity index (χ0) is 15.1. The average molecular weight is 302 g/mol. The molecule has 2 aromatic carbocycles. The fraction of sp³-hybridized carbons (Fsp3) is 0.368. The summed E-state index contributed by atoms with van der Waals surface area (Å²) in [7, 11) is 0. The maximum Gasteiger partial charge on any atom is 0.0409 e. The molecule has 112 valence electrons. The van der Waals surface area contributed by atoms with Crippen LogP contribution in [0.1, 0.15) is 56.3 Å². The second-order valence-electron chi connectivity index (χ2n) is 5.55. The van der Waals surface area contributed by atoms with Crippen LogP contribution in [0.4, 0.5) is 0 Å². The first-order valence-electron chi connectivity index (χ1n) is 7.77. The van der Waals surface area contributed by atoms with Crippen LogP contribution in [0.3, 0.4) is 0 Å². The third-order valence-electron chi connectivity index (χ3n) is 3.85. The molecule has 2 rings (SSSR count). The van der Waals surface area contributed by atoms with Crippen LogP contribution in [0.2, 0.25) is 5.02 Å². The molecule has 0 amide bonds. The van der Waals surface area contributed by atoms with Gasteiger partial charge in [-0.05, 0) is 36.6 Å². The second-order valence-corrected chi connectivity index (χ2v) is 5.99. The molecule has 0 heterocycles. The van der Waals surface area contributed by atoms with Crippen molar-refractivity contribution < 1.29 is 0 Å². The lowest BCUT2D eigenvalue weighted by Crippen LogP contribution is -2.24. The molecule has 21 heavy (non-hydrogen) atoms. The molecule has 0 saturated carbocycles. The summed E-state index contributed by atoms with van der Waals surface area (Å²) in [6, 6.07) is 19.5. The van der Waals surface area contributed by atoms with Gasteiger partial charge in [-0.3, -0.25) is 0 Å². The fourth-order valence-electron chi connectivity index (χ4n) is 2.61. The first kappa shape index (κ1) is 16.1. The van der Waals surface area contributed by atoms with Gasteiger partial charge in [-0.2, -0.15) is 0 Å². The van der Waals surface area contributed by atoms with Crippen molar-refractivity contribution in [2.24, 2.45) is 0 Å². The summed E-state index contributed by atoms with van der Waals surface area (Å²) in [5, 5.41) is 4.55. The SMILES string of the molecule is CCCCC(N[C@H](C)c1cccc(Cl)c1)c1ccccc1. The van der Waals surface area contributed by atoms with E-state index in [1.54, 1.807) is 0 Å². The van der Waals surface area contributed by atoms with Crippen molar-refractivity contribution in [2.75, 3.05) is 0 Å². The molecular weight excluding hydrogens is 278 g/mol. The van der Waals surface area contributed by atoms with Gasteiger partial charge in [0.15, 0.2) is 0 Å². The first-order valence-corrected chi connectivity index (χ1v) is 8.15. The molecule has 0 aliphatic rings. The smallest absolute Gasteiger partial charge is 0.0409 e. The van der Waals surface area contributed by atoms with E-state index in [1.807, 2.05) is 18.2 Å². The largest absolute Gasteiger partial charge is 0.303 e. The summed E-state index contributed by atoms with van der Waals surface area (Å²) in [5.41, 5.74) is 2.60. The summed E-state index contributed by atoms with van der Waals surface area (Å²) < 4.78 is 0. The first-order chi connectivity index (χ1) is 10.2. The fourth-order valence-corrected chi connectivity index (χ4v) is 2.81. The van der Waals surface area contributed by atoms with E-state index in [1.165, 1.54) is 24.0 Å². The lowest BCUT2D eigenvalue weighted by Gasteiger charge is -2.24. The number of halogens is 1. The molecule has 0 saturated heterocycles. The van der Waals surface area contributed by atoms with Gasteiger partial charge in [-0.1, -0.05) is 73.8 Å². The Hall–Kier alpha value is -1.31. The highest BCUT2D eigenvalue weighted by atomic mass is 35.5. The summed E-state index contributed by atoms with van der Waals surface area (Å²) in [6.45, 7) is 4.44. The van der Waals surface area contributed by atoms with Crippen LogP contribution in [0, 0.1) is 0 Å². The monoisotopic (exact) mass is 301 g/mol. The molecule has 0 bridgehead atoms. The number of benzene rings is 2. The van der Waals surface area contributed by atoms with Gasteiger partial charge in [0.25, 0.3) is 0 Å². The minimum atomic E-state index is 0.283. The highest BCUT2D eigenvalue weighted by molar-refractivity contribution is 6.30. The van der Waals surface area contributed by atoms with Crippen molar-refractivity contribution in [1.82, 2.24) is 5.32 Å². The molecule has 1 nitrogen and oxygen atoms in total. The van der Waals surface area contributed by atoms with Gasteiger partial charge >= 0.3 is 0 Å². The van der Waals surface area contributed by atoms with E-state index in [0.717, 1.165) is 11.4 Å². The number of rotatable bonds is 7. The van der Waals surface area contributed by atoms with Crippen molar-refractivity contribution in [1.29, 1.82) is 0 Å². The molecule has 0 radical (unpaired) electrons. The molecule has 1 unspecified atom stereocenters. The topological polar surface area (TPSA) is 12.0 Å². The van der Waals surface area contributed by atoms with Crippen LogP contribution in [0.25, 0.3) is 0 Å². The lowest BCUT2D eigenvalue weighted by atomic mass is 9.99. The number of nitrogens with one attached hydrogen (secondary N) is 1. The minimum Gasteiger partial charge on any atom is -0.303 e. The summed E-state index contributed by atoms with van der Waals surface area (Å²) >= 11 is 6.10. The van der Waals surface area contributed by atoms with Crippen molar-refractivity contribution in [2.45, 2.75) is 45.2 Å². The highest BCUT2D eigenvalue weighted by Gasteiger charge is 2.15. The van der Waals surface area contributed by atoms with Crippen molar-refractivity contribution >= 4 is 11.6 Å². The van der Waals surface area contributed by atoms with Crippen LogP contribution in [0.5, 0.6) is 0 Å². The molecule has 2 heteroatoms. The zero-order valence-electron chi connectivity index (χ0n) is 12.9. The predicted octanol–water partition coefficient (Wildman–Crippen LogP) is 5.92. The van der Waals surface area contributed by atoms with Gasteiger partial charge in [0, 0.05) is 17.1 Å².